The molecule has 2 aromatic rings. The minimum atomic E-state index is -0.499. The molecule has 0 amide bonds. The monoisotopic (exact) mass is 470 g/mol. The molecule has 140 valence electrons. The van der Waals surface area contributed by atoms with E-state index in [0.29, 0.717) is 28.1 Å². The van der Waals surface area contributed by atoms with Gasteiger partial charge in [-0.1, -0.05) is 0 Å². The Morgan fingerprint density at radius 3 is 1.77 bits per heavy atom. The lowest BCUT2D eigenvalue weighted by atomic mass is 9.93. The molecule has 0 N–H and O–H groups in total. The van der Waals surface area contributed by atoms with Crippen LogP contribution in [0.4, 0.5) is 0 Å². The number of rotatable bonds is 5. The number of esters is 2. The van der Waals surface area contributed by atoms with Crippen LogP contribution in [0.25, 0.3) is 11.1 Å². The summed E-state index contributed by atoms with van der Waals surface area (Å²) in [4.78, 5) is 29.5. The molecular formula is C19H23IN2O4. The van der Waals surface area contributed by atoms with Crippen molar-refractivity contribution in [2.24, 2.45) is 7.05 Å². The smallest absolute Gasteiger partial charge is 0.340 e. The fourth-order valence-electron chi connectivity index (χ4n) is 2.71. The van der Waals surface area contributed by atoms with Crippen LogP contribution in [-0.2, 0) is 16.5 Å². The number of carbonyl (C=O) groups is 2. The van der Waals surface area contributed by atoms with Crippen LogP contribution in [-0.4, -0.2) is 30.1 Å². The highest BCUT2D eigenvalue weighted by Crippen LogP contribution is 2.32. The molecule has 0 unspecified atom stereocenters. The molecule has 0 aliphatic rings. The van der Waals surface area contributed by atoms with Crippen LogP contribution in [0.2, 0.25) is 0 Å². The Kier molecular flexibility index (Phi) is 8.13. The third kappa shape index (κ3) is 4.57. The molecule has 0 saturated carbocycles. The highest BCUT2D eigenvalue weighted by Gasteiger charge is 2.28. The van der Waals surface area contributed by atoms with E-state index in [9.17, 15) is 9.59 Å². The average molecular weight is 470 g/mol. The van der Waals surface area contributed by atoms with Crippen LogP contribution >= 0.6 is 0 Å². The predicted molar refractivity (Wildman–Crippen MR) is 92.2 cm³/mol. The van der Waals surface area contributed by atoms with Gasteiger partial charge in [-0.05, 0) is 33.3 Å². The van der Waals surface area contributed by atoms with Gasteiger partial charge in [0.2, 0.25) is 0 Å². The molecule has 7 heteroatoms. The molecule has 0 aliphatic heterocycles. The molecular weight excluding hydrogens is 447 g/mol. The van der Waals surface area contributed by atoms with E-state index < -0.39 is 11.9 Å². The van der Waals surface area contributed by atoms with Gasteiger partial charge in [-0.3, -0.25) is 4.98 Å². The highest BCUT2D eigenvalue weighted by atomic mass is 127. The van der Waals surface area contributed by atoms with E-state index in [1.54, 1.807) is 27.7 Å². The second kappa shape index (κ2) is 9.61. The van der Waals surface area contributed by atoms with E-state index in [4.69, 9.17) is 9.47 Å². The molecule has 2 aromatic heterocycles. The number of nitrogens with zero attached hydrogens (tertiary/aromatic N) is 2. The summed E-state index contributed by atoms with van der Waals surface area (Å²) in [5.74, 6) is -0.998. The first-order valence-electron chi connectivity index (χ1n) is 8.21. The van der Waals surface area contributed by atoms with Gasteiger partial charge in [0.1, 0.15) is 7.05 Å². The quantitative estimate of drug-likeness (QED) is 0.337. The van der Waals surface area contributed by atoms with Crippen LogP contribution in [0.15, 0.2) is 24.5 Å². The SMILES string of the molecule is CCOC(=O)c1c(C)nc(C)c(C(=O)OCC)c1-c1cc[n+](C)cc1.[I-]. The molecule has 2 heterocycles. The highest BCUT2D eigenvalue weighted by molar-refractivity contribution is 6.07. The van der Waals surface area contributed by atoms with Gasteiger partial charge in [-0.2, -0.15) is 0 Å². The van der Waals surface area contributed by atoms with E-state index in [0.717, 1.165) is 5.56 Å². The lowest BCUT2D eigenvalue weighted by Crippen LogP contribution is -3.00. The number of hydrogen-bond donors (Lipinski definition) is 0. The number of carbonyl (C=O) groups excluding carboxylic acids is 2. The number of aromatic nitrogens is 2. The van der Waals surface area contributed by atoms with Gasteiger partial charge >= 0.3 is 11.9 Å². The maximum Gasteiger partial charge on any atom is 0.340 e. The molecule has 0 radical (unpaired) electrons. The zero-order valence-corrected chi connectivity index (χ0v) is 17.8. The average Bonchev–Trinajstić information content (AvgIpc) is 2.55. The molecule has 0 saturated heterocycles. The van der Waals surface area contributed by atoms with Crippen molar-refractivity contribution < 1.29 is 47.6 Å². The summed E-state index contributed by atoms with van der Waals surface area (Å²) in [5.41, 5.74) is 2.87. The molecule has 0 aromatic carbocycles. The fraction of sp³-hybridized carbons (Fsp3) is 0.368. The number of pyridine rings is 2. The second-order valence-electron chi connectivity index (χ2n) is 5.60. The summed E-state index contributed by atoms with van der Waals surface area (Å²) < 4.78 is 12.3. The number of halogens is 1. The molecule has 0 fully saturated rings. The summed E-state index contributed by atoms with van der Waals surface area (Å²) in [7, 11) is 1.89. The minimum absolute atomic E-state index is 0. The third-order valence-electron chi connectivity index (χ3n) is 3.79. The predicted octanol–water partition coefficient (Wildman–Crippen LogP) is -0.453. The lowest BCUT2D eigenvalue weighted by Gasteiger charge is -2.17. The Bertz CT molecular complexity index is 762. The molecule has 6 nitrogen and oxygen atoms in total. The van der Waals surface area contributed by atoms with E-state index in [1.807, 2.05) is 36.1 Å². The number of ether oxygens (including phenoxy) is 2. The maximum atomic E-state index is 12.6. The van der Waals surface area contributed by atoms with Crippen molar-refractivity contribution in [3.05, 3.63) is 47.0 Å². The van der Waals surface area contributed by atoms with Crippen LogP contribution < -0.4 is 28.5 Å². The lowest BCUT2D eigenvalue weighted by molar-refractivity contribution is -0.671. The van der Waals surface area contributed by atoms with Crippen molar-refractivity contribution in [2.45, 2.75) is 27.7 Å². The van der Waals surface area contributed by atoms with E-state index in [-0.39, 0.29) is 37.2 Å². The van der Waals surface area contributed by atoms with Crippen molar-refractivity contribution in [1.29, 1.82) is 0 Å². The van der Waals surface area contributed by atoms with Gasteiger partial charge in [0, 0.05) is 17.7 Å². The zero-order chi connectivity index (χ0) is 18.6. The van der Waals surface area contributed by atoms with Crippen LogP contribution in [0, 0.1) is 13.8 Å². The second-order valence-corrected chi connectivity index (χ2v) is 5.60. The van der Waals surface area contributed by atoms with Crippen molar-refractivity contribution in [2.75, 3.05) is 13.2 Å². The number of hydrogen-bond acceptors (Lipinski definition) is 5. The normalized spacial score (nSPS) is 10.0. The van der Waals surface area contributed by atoms with E-state index >= 15 is 0 Å². The Hall–Kier alpha value is -2.03. The minimum Gasteiger partial charge on any atom is -1.00 e. The fourth-order valence-corrected chi connectivity index (χ4v) is 2.71. The Morgan fingerprint density at radius 1 is 0.962 bits per heavy atom. The van der Waals surface area contributed by atoms with Crippen molar-refractivity contribution in [3.63, 3.8) is 0 Å². The van der Waals surface area contributed by atoms with Gasteiger partial charge in [-0.25, -0.2) is 14.2 Å². The summed E-state index contributed by atoms with van der Waals surface area (Å²) in [6, 6.07) is 3.69. The summed E-state index contributed by atoms with van der Waals surface area (Å²) in [6.45, 7) is 7.43. The van der Waals surface area contributed by atoms with Gasteiger partial charge < -0.3 is 33.5 Å². The Labute approximate surface area is 170 Å². The van der Waals surface area contributed by atoms with Crippen molar-refractivity contribution >= 4 is 11.9 Å². The number of aryl methyl sites for hydroxylation is 3. The molecule has 0 aliphatic carbocycles. The zero-order valence-electron chi connectivity index (χ0n) is 15.6. The summed E-state index contributed by atoms with van der Waals surface area (Å²) in [5, 5.41) is 0. The first-order valence-corrected chi connectivity index (χ1v) is 8.21. The largest absolute Gasteiger partial charge is 1.00 e. The van der Waals surface area contributed by atoms with Crippen LogP contribution in [0.1, 0.15) is 46.0 Å². The van der Waals surface area contributed by atoms with Crippen molar-refractivity contribution in [3.8, 4) is 11.1 Å². The molecule has 2 rings (SSSR count). The van der Waals surface area contributed by atoms with Crippen LogP contribution in [0.3, 0.4) is 0 Å². The third-order valence-corrected chi connectivity index (χ3v) is 3.79. The molecule has 0 atom stereocenters. The molecule has 26 heavy (non-hydrogen) atoms. The van der Waals surface area contributed by atoms with Crippen LogP contribution in [0.5, 0.6) is 0 Å². The van der Waals surface area contributed by atoms with Gasteiger partial charge in [0.25, 0.3) is 0 Å². The molecule has 0 spiro atoms. The van der Waals surface area contributed by atoms with Gasteiger partial charge in [-0.15, -0.1) is 0 Å². The standard InChI is InChI=1S/C19H23N2O4.HI/c1-6-24-18(22)15-12(3)20-13(4)16(19(23)25-7-2)17(15)14-8-10-21(5)11-9-14;/h8-11H,6-7H2,1-5H3;1H/q+1;/p-1. The maximum absolute atomic E-state index is 12.6. The first-order chi connectivity index (χ1) is 11.9. The Morgan fingerprint density at radius 2 is 1.38 bits per heavy atom. The van der Waals surface area contributed by atoms with Gasteiger partial charge in [0.15, 0.2) is 12.4 Å². The summed E-state index contributed by atoms with van der Waals surface area (Å²) in [6.07, 6.45) is 3.70. The summed E-state index contributed by atoms with van der Waals surface area (Å²) >= 11 is 0. The van der Waals surface area contributed by atoms with Gasteiger partial charge in [0.05, 0.1) is 35.7 Å². The van der Waals surface area contributed by atoms with E-state index in [1.165, 1.54) is 0 Å². The molecule has 0 bridgehead atoms. The van der Waals surface area contributed by atoms with Crippen molar-refractivity contribution in [1.82, 2.24) is 4.98 Å². The Balaban J connectivity index is 0.00000338. The van der Waals surface area contributed by atoms with E-state index in [2.05, 4.69) is 4.98 Å². The first kappa shape index (κ1) is 22.0. The topological polar surface area (TPSA) is 69.4 Å².